The normalized spacial score (nSPS) is 11.7. The van der Waals surface area contributed by atoms with Crippen LogP contribution < -0.4 is 10.1 Å². The Kier molecular flexibility index (Phi) is 5.36. The van der Waals surface area contributed by atoms with E-state index in [1.165, 1.54) is 0 Å². The van der Waals surface area contributed by atoms with Crippen LogP contribution in [0.1, 0.15) is 32.1 Å². The molecule has 1 aromatic carbocycles. The van der Waals surface area contributed by atoms with Crippen LogP contribution in [0.2, 0.25) is 5.02 Å². The summed E-state index contributed by atoms with van der Waals surface area (Å²) in [5.41, 5.74) is 1.18. The van der Waals surface area contributed by atoms with Crippen molar-refractivity contribution in [3.05, 3.63) is 51.3 Å². The Morgan fingerprint density at radius 1 is 1.29 bits per heavy atom. The van der Waals surface area contributed by atoms with Crippen molar-refractivity contribution in [2.45, 2.75) is 39.5 Å². The Balaban J connectivity index is 1.92. The predicted octanol–water partition coefficient (Wildman–Crippen LogP) is 5.16. The van der Waals surface area contributed by atoms with Gasteiger partial charge in [0.25, 0.3) is 0 Å². The van der Waals surface area contributed by atoms with Crippen molar-refractivity contribution < 1.29 is 9.15 Å². The van der Waals surface area contributed by atoms with E-state index in [2.05, 4.69) is 42.0 Å². The van der Waals surface area contributed by atoms with Gasteiger partial charge in [-0.15, -0.1) is 0 Å². The van der Waals surface area contributed by atoms with Gasteiger partial charge < -0.3 is 14.5 Å². The van der Waals surface area contributed by atoms with Crippen molar-refractivity contribution in [1.82, 2.24) is 5.32 Å². The molecule has 0 spiro atoms. The van der Waals surface area contributed by atoms with Crippen LogP contribution in [0.15, 0.2) is 39.4 Å². The molecule has 0 saturated heterocycles. The zero-order valence-corrected chi connectivity index (χ0v) is 14.7. The zero-order valence-electron chi connectivity index (χ0n) is 12.4. The minimum atomic E-state index is 0.0811. The molecule has 0 atom stereocenters. The standard InChI is InChI=1S/C16H19BrClNO2/c1-16(2,3)19-8-11-6-13(20-9-11)10-21-15-7-12(17)4-5-14(15)18/h4-7,9,19H,8,10H2,1-3H3. The van der Waals surface area contributed by atoms with Crippen LogP contribution in [-0.2, 0) is 13.2 Å². The lowest BCUT2D eigenvalue weighted by Gasteiger charge is -2.19. The SMILES string of the molecule is CC(C)(C)NCc1coc(COc2cc(Br)ccc2Cl)c1. The van der Waals surface area contributed by atoms with Crippen LogP contribution in [0.4, 0.5) is 0 Å². The molecule has 0 aliphatic heterocycles. The van der Waals surface area contributed by atoms with Gasteiger partial charge in [0, 0.05) is 22.1 Å². The molecule has 2 aromatic rings. The maximum atomic E-state index is 6.08. The summed E-state index contributed by atoms with van der Waals surface area (Å²) in [6.07, 6.45) is 1.75. The van der Waals surface area contributed by atoms with Crippen LogP contribution in [-0.4, -0.2) is 5.54 Å². The second-order valence-corrected chi connectivity index (χ2v) is 7.21. The van der Waals surface area contributed by atoms with E-state index >= 15 is 0 Å². The maximum Gasteiger partial charge on any atom is 0.146 e. The van der Waals surface area contributed by atoms with Crippen molar-refractivity contribution in [1.29, 1.82) is 0 Å². The molecule has 0 amide bonds. The number of halogens is 2. The van der Waals surface area contributed by atoms with Gasteiger partial charge in [-0.2, -0.15) is 0 Å². The molecule has 0 unspecified atom stereocenters. The van der Waals surface area contributed by atoms with E-state index in [4.69, 9.17) is 20.8 Å². The second-order valence-electron chi connectivity index (χ2n) is 5.89. The molecule has 0 saturated carbocycles. The molecule has 3 nitrogen and oxygen atoms in total. The van der Waals surface area contributed by atoms with Crippen LogP contribution in [0.5, 0.6) is 5.75 Å². The van der Waals surface area contributed by atoms with Gasteiger partial charge in [-0.25, -0.2) is 0 Å². The molecule has 0 fully saturated rings. The molecule has 5 heteroatoms. The minimum Gasteiger partial charge on any atom is -0.484 e. The van der Waals surface area contributed by atoms with Crippen molar-refractivity contribution in [3.8, 4) is 5.75 Å². The van der Waals surface area contributed by atoms with Crippen molar-refractivity contribution in [2.24, 2.45) is 0 Å². The fraction of sp³-hybridized carbons (Fsp3) is 0.375. The number of nitrogens with one attached hydrogen (secondary N) is 1. The first-order valence-electron chi connectivity index (χ1n) is 6.73. The molecule has 1 N–H and O–H groups in total. The molecule has 0 radical (unpaired) electrons. The predicted molar refractivity (Wildman–Crippen MR) is 88.8 cm³/mol. The molecule has 2 rings (SSSR count). The lowest BCUT2D eigenvalue weighted by Crippen LogP contribution is -2.34. The van der Waals surface area contributed by atoms with Gasteiger partial charge in [0.2, 0.25) is 0 Å². The summed E-state index contributed by atoms with van der Waals surface area (Å²) in [6.45, 7) is 7.52. The van der Waals surface area contributed by atoms with Crippen LogP contribution in [0, 0.1) is 0 Å². The van der Waals surface area contributed by atoms with E-state index in [9.17, 15) is 0 Å². The lowest BCUT2D eigenvalue weighted by atomic mass is 10.1. The number of hydrogen-bond acceptors (Lipinski definition) is 3. The highest BCUT2D eigenvalue weighted by molar-refractivity contribution is 9.10. The first-order chi connectivity index (χ1) is 9.83. The highest BCUT2D eigenvalue weighted by Crippen LogP contribution is 2.28. The third-order valence-corrected chi connectivity index (χ3v) is 3.60. The van der Waals surface area contributed by atoms with E-state index in [1.807, 2.05) is 18.2 Å². The van der Waals surface area contributed by atoms with Gasteiger partial charge in [-0.3, -0.25) is 0 Å². The molecule has 21 heavy (non-hydrogen) atoms. The van der Waals surface area contributed by atoms with Crippen LogP contribution in [0.25, 0.3) is 0 Å². The summed E-state index contributed by atoms with van der Waals surface area (Å²) in [5.74, 6) is 1.41. The quantitative estimate of drug-likeness (QED) is 0.787. The molecule has 1 aromatic heterocycles. The number of furan rings is 1. The van der Waals surface area contributed by atoms with Gasteiger partial charge in [-0.05, 0) is 45.0 Å². The van der Waals surface area contributed by atoms with Gasteiger partial charge in [0.1, 0.15) is 18.1 Å². The van der Waals surface area contributed by atoms with E-state index in [-0.39, 0.29) is 5.54 Å². The Morgan fingerprint density at radius 2 is 2.05 bits per heavy atom. The Morgan fingerprint density at radius 3 is 2.76 bits per heavy atom. The summed E-state index contributed by atoms with van der Waals surface area (Å²) >= 11 is 9.48. The van der Waals surface area contributed by atoms with Crippen molar-refractivity contribution >= 4 is 27.5 Å². The fourth-order valence-electron chi connectivity index (χ4n) is 1.70. The van der Waals surface area contributed by atoms with Crippen molar-refractivity contribution in [3.63, 3.8) is 0 Å². The third-order valence-electron chi connectivity index (χ3n) is 2.79. The summed E-state index contributed by atoms with van der Waals surface area (Å²) in [6, 6.07) is 7.50. The molecule has 1 heterocycles. The van der Waals surface area contributed by atoms with Gasteiger partial charge in [-0.1, -0.05) is 27.5 Å². The van der Waals surface area contributed by atoms with E-state index in [0.717, 1.165) is 22.3 Å². The molecule has 0 bridgehead atoms. The Bertz CT molecular complexity index is 605. The van der Waals surface area contributed by atoms with Gasteiger partial charge in [0.05, 0.1) is 11.3 Å². The van der Waals surface area contributed by atoms with E-state index in [1.54, 1.807) is 12.3 Å². The summed E-state index contributed by atoms with van der Waals surface area (Å²) in [5, 5.41) is 4.00. The molecular weight excluding hydrogens is 354 g/mol. The minimum absolute atomic E-state index is 0.0811. The number of benzene rings is 1. The Hall–Kier alpha value is -0.970. The first kappa shape index (κ1) is 16.4. The smallest absolute Gasteiger partial charge is 0.146 e. The average molecular weight is 373 g/mol. The van der Waals surface area contributed by atoms with Crippen LogP contribution >= 0.6 is 27.5 Å². The van der Waals surface area contributed by atoms with E-state index < -0.39 is 0 Å². The van der Waals surface area contributed by atoms with Gasteiger partial charge >= 0.3 is 0 Å². The number of ether oxygens (including phenoxy) is 1. The number of rotatable bonds is 5. The topological polar surface area (TPSA) is 34.4 Å². The first-order valence-corrected chi connectivity index (χ1v) is 7.90. The highest BCUT2D eigenvalue weighted by atomic mass is 79.9. The third kappa shape index (κ3) is 5.38. The van der Waals surface area contributed by atoms with E-state index in [0.29, 0.717) is 17.4 Å². The highest BCUT2D eigenvalue weighted by Gasteiger charge is 2.10. The second kappa shape index (κ2) is 6.86. The average Bonchev–Trinajstić information content (AvgIpc) is 2.85. The summed E-state index contributed by atoms with van der Waals surface area (Å²) in [4.78, 5) is 0. The zero-order chi connectivity index (χ0) is 15.5. The summed E-state index contributed by atoms with van der Waals surface area (Å²) < 4.78 is 12.1. The lowest BCUT2D eigenvalue weighted by molar-refractivity contribution is 0.270. The molecule has 114 valence electrons. The molecular formula is C16H19BrClNO2. The maximum absolute atomic E-state index is 6.08. The fourth-order valence-corrected chi connectivity index (χ4v) is 2.21. The molecule has 0 aliphatic rings. The number of hydrogen-bond donors (Lipinski definition) is 1. The Labute approximate surface area is 138 Å². The van der Waals surface area contributed by atoms with Gasteiger partial charge in [0.15, 0.2) is 0 Å². The monoisotopic (exact) mass is 371 g/mol. The van der Waals surface area contributed by atoms with Crippen molar-refractivity contribution in [2.75, 3.05) is 0 Å². The summed E-state index contributed by atoms with van der Waals surface area (Å²) in [7, 11) is 0. The van der Waals surface area contributed by atoms with Crippen LogP contribution in [0.3, 0.4) is 0 Å². The largest absolute Gasteiger partial charge is 0.484 e. The molecule has 0 aliphatic carbocycles.